The molecule has 0 unspecified atom stereocenters. The molecule has 2 amide bonds. The first kappa shape index (κ1) is 26.5. The highest BCUT2D eigenvalue weighted by atomic mass is 32.2. The number of aromatic amines is 1. The summed E-state index contributed by atoms with van der Waals surface area (Å²) in [4.78, 5) is 43.3. The van der Waals surface area contributed by atoms with E-state index < -0.39 is 0 Å². The van der Waals surface area contributed by atoms with Crippen molar-refractivity contribution in [2.45, 2.75) is 38.0 Å². The SMILES string of the molecule is Cc1cc(NC(=O)CSc2nc3cc4c(cc3c(=O)n2CCCC(=O)NCc2ccc3c(c2)OCO3)OCO4)n[nH]1. The molecular formula is C27H26N6O7S. The van der Waals surface area contributed by atoms with E-state index in [1.807, 2.05) is 25.1 Å². The molecule has 4 aromatic rings. The Kier molecular flexibility index (Phi) is 7.37. The molecule has 2 aromatic carbocycles. The van der Waals surface area contributed by atoms with E-state index in [2.05, 4.69) is 25.8 Å². The smallest absolute Gasteiger partial charge is 0.262 e. The third kappa shape index (κ3) is 5.91. The Bertz CT molecular complexity index is 1700. The Morgan fingerprint density at radius 2 is 1.76 bits per heavy atom. The van der Waals surface area contributed by atoms with E-state index in [1.165, 1.54) is 4.57 Å². The van der Waals surface area contributed by atoms with Crippen LogP contribution in [0.25, 0.3) is 10.9 Å². The molecule has 0 saturated heterocycles. The first-order valence-electron chi connectivity index (χ1n) is 12.9. The molecule has 2 aromatic heterocycles. The number of H-pyrrole nitrogens is 1. The number of nitrogens with zero attached hydrogens (tertiary/aromatic N) is 3. The van der Waals surface area contributed by atoms with Gasteiger partial charge in [0.1, 0.15) is 0 Å². The number of thioether (sulfide) groups is 1. The van der Waals surface area contributed by atoms with Gasteiger partial charge in [-0.05, 0) is 37.1 Å². The van der Waals surface area contributed by atoms with Crippen LogP contribution in [0.5, 0.6) is 23.0 Å². The zero-order valence-corrected chi connectivity index (χ0v) is 22.8. The number of ether oxygens (including phenoxy) is 4. The van der Waals surface area contributed by atoms with Crippen molar-refractivity contribution in [1.29, 1.82) is 0 Å². The fraction of sp³-hybridized carbons (Fsp3) is 0.296. The molecule has 13 nitrogen and oxygen atoms in total. The van der Waals surface area contributed by atoms with Crippen molar-refractivity contribution in [2.75, 3.05) is 24.7 Å². The summed E-state index contributed by atoms with van der Waals surface area (Å²) in [5.74, 6) is 2.28. The highest BCUT2D eigenvalue weighted by molar-refractivity contribution is 7.99. The first-order valence-corrected chi connectivity index (χ1v) is 13.9. The third-order valence-corrected chi connectivity index (χ3v) is 7.41. The van der Waals surface area contributed by atoms with Gasteiger partial charge in [-0.25, -0.2) is 4.98 Å². The number of amides is 2. The van der Waals surface area contributed by atoms with Gasteiger partial charge >= 0.3 is 0 Å². The molecule has 0 spiro atoms. The minimum Gasteiger partial charge on any atom is -0.454 e. The van der Waals surface area contributed by atoms with Crippen molar-refractivity contribution in [2.24, 2.45) is 0 Å². The number of benzene rings is 2. The van der Waals surface area contributed by atoms with Gasteiger partial charge in [-0.1, -0.05) is 17.8 Å². The van der Waals surface area contributed by atoms with Crippen molar-refractivity contribution in [3.8, 4) is 23.0 Å². The van der Waals surface area contributed by atoms with Gasteiger partial charge in [0.05, 0.1) is 16.7 Å². The molecule has 2 aliphatic heterocycles. The summed E-state index contributed by atoms with van der Waals surface area (Å²) >= 11 is 1.13. The van der Waals surface area contributed by atoms with Gasteiger partial charge in [-0.3, -0.25) is 24.0 Å². The van der Waals surface area contributed by atoms with Gasteiger partial charge in [0.2, 0.25) is 25.4 Å². The van der Waals surface area contributed by atoms with Crippen LogP contribution in [0.2, 0.25) is 0 Å². The van der Waals surface area contributed by atoms with Crippen LogP contribution >= 0.6 is 11.8 Å². The molecule has 4 heterocycles. The van der Waals surface area contributed by atoms with Crippen LogP contribution in [0.4, 0.5) is 5.82 Å². The normalized spacial score (nSPS) is 13.0. The van der Waals surface area contributed by atoms with E-state index in [1.54, 1.807) is 18.2 Å². The number of fused-ring (bicyclic) bond motifs is 3. The summed E-state index contributed by atoms with van der Waals surface area (Å²) in [7, 11) is 0. The van der Waals surface area contributed by atoms with Crippen molar-refractivity contribution in [3.05, 3.63) is 58.0 Å². The van der Waals surface area contributed by atoms with Gasteiger partial charge in [0.25, 0.3) is 5.56 Å². The van der Waals surface area contributed by atoms with Crippen LogP contribution in [0.15, 0.2) is 46.3 Å². The molecule has 14 heteroatoms. The summed E-state index contributed by atoms with van der Waals surface area (Å²) in [5.41, 5.74) is 1.84. The molecule has 0 bridgehead atoms. The summed E-state index contributed by atoms with van der Waals surface area (Å²) in [6.07, 6.45) is 0.580. The quantitative estimate of drug-likeness (QED) is 0.189. The van der Waals surface area contributed by atoms with Crippen LogP contribution in [-0.2, 0) is 22.7 Å². The number of carbonyl (C=O) groups is 2. The van der Waals surface area contributed by atoms with Gasteiger partial charge in [0, 0.05) is 37.3 Å². The molecule has 0 radical (unpaired) electrons. The van der Waals surface area contributed by atoms with E-state index in [-0.39, 0.29) is 49.7 Å². The monoisotopic (exact) mass is 578 g/mol. The van der Waals surface area contributed by atoms with Crippen LogP contribution in [0, 0.1) is 6.92 Å². The Labute approximate surface area is 237 Å². The van der Waals surface area contributed by atoms with Gasteiger partial charge in [0.15, 0.2) is 34.0 Å². The lowest BCUT2D eigenvalue weighted by atomic mass is 10.2. The molecule has 3 N–H and O–H groups in total. The molecule has 0 fully saturated rings. The number of anilines is 1. The van der Waals surface area contributed by atoms with Crippen molar-refractivity contribution >= 4 is 40.3 Å². The van der Waals surface area contributed by atoms with E-state index in [0.717, 1.165) is 23.0 Å². The molecule has 6 rings (SSSR count). The molecule has 41 heavy (non-hydrogen) atoms. The zero-order chi connectivity index (χ0) is 28.3. The predicted octanol–water partition coefficient (Wildman–Crippen LogP) is 2.71. The fourth-order valence-corrected chi connectivity index (χ4v) is 5.25. The number of hydrogen-bond acceptors (Lipinski definition) is 10. The number of aryl methyl sites for hydroxylation is 1. The largest absolute Gasteiger partial charge is 0.454 e. The summed E-state index contributed by atoms with van der Waals surface area (Å²) in [6.45, 7) is 2.65. The van der Waals surface area contributed by atoms with Gasteiger partial charge in [-0.2, -0.15) is 5.10 Å². The molecule has 2 aliphatic rings. The lowest BCUT2D eigenvalue weighted by molar-refractivity contribution is -0.121. The number of hydrogen-bond donors (Lipinski definition) is 3. The molecule has 0 saturated carbocycles. The number of carbonyl (C=O) groups excluding carboxylic acids is 2. The standard InChI is InChI=1S/C27H26N6O7S/c1-15-7-23(32-31-15)30-25(35)12-41-27-29-18-10-22-21(39-14-40-22)9-17(18)26(36)33(27)6-2-3-24(34)28-11-16-4-5-19-20(8-16)38-13-37-19/h4-5,7-10H,2-3,6,11-14H2,1H3,(H,28,34)(H2,30,31,32,35). The molecular weight excluding hydrogens is 552 g/mol. The summed E-state index contributed by atoms with van der Waals surface area (Å²) in [5, 5.41) is 13.1. The van der Waals surface area contributed by atoms with Gasteiger partial charge in [-0.15, -0.1) is 0 Å². The highest BCUT2D eigenvalue weighted by Crippen LogP contribution is 2.35. The third-order valence-electron chi connectivity index (χ3n) is 6.43. The topological polar surface area (TPSA) is 159 Å². The van der Waals surface area contributed by atoms with E-state index in [4.69, 9.17) is 18.9 Å². The minimum absolute atomic E-state index is 0.00439. The average Bonchev–Trinajstić information content (AvgIpc) is 3.72. The Hall–Kier alpha value is -4.72. The van der Waals surface area contributed by atoms with E-state index in [9.17, 15) is 14.4 Å². The van der Waals surface area contributed by atoms with E-state index in [0.29, 0.717) is 57.8 Å². The van der Waals surface area contributed by atoms with Gasteiger partial charge < -0.3 is 29.6 Å². The number of aromatic nitrogens is 4. The second-order valence-electron chi connectivity index (χ2n) is 9.41. The molecule has 0 aliphatic carbocycles. The molecule has 0 atom stereocenters. The van der Waals surface area contributed by atoms with Crippen LogP contribution < -0.4 is 35.1 Å². The predicted molar refractivity (Wildman–Crippen MR) is 148 cm³/mol. The number of rotatable bonds is 10. The number of nitrogens with one attached hydrogen (secondary N) is 3. The first-order chi connectivity index (χ1) is 19.9. The van der Waals surface area contributed by atoms with Crippen LogP contribution in [0.1, 0.15) is 24.1 Å². The van der Waals surface area contributed by atoms with Crippen LogP contribution in [-0.4, -0.2) is 50.9 Å². The Morgan fingerprint density at radius 1 is 1.00 bits per heavy atom. The lowest BCUT2D eigenvalue weighted by Gasteiger charge is -2.13. The summed E-state index contributed by atoms with van der Waals surface area (Å²) < 4.78 is 23.1. The Balaban J connectivity index is 1.13. The van der Waals surface area contributed by atoms with Crippen LogP contribution in [0.3, 0.4) is 0 Å². The Morgan fingerprint density at radius 3 is 2.54 bits per heavy atom. The van der Waals surface area contributed by atoms with E-state index >= 15 is 0 Å². The molecule has 212 valence electrons. The maximum atomic E-state index is 13.5. The maximum Gasteiger partial charge on any atom is 0.262 e. The minimum atomic E-state index is -0.295. The lowest BCUT2D eigenvalue weighted by Crippen LogP contribution is -2.26. The maximum absolute atomic E-state index is 13.5. The second-order valence-corrected chi connectivity index (χ2v) is 10.4. The summed E-state index contributed by atoms with van der Waals surface area (Å²) in [6, 6.07) is 10.5. The zero-order valence-electron chi connectivity index (χ0n) is 22.0. The average molecular weight is 579 g/mol. The highest BCUT2D eigenvalue weighted by Gasteiger charge is 2.20. The van der Waals surface area contributed by atoms with Crippen molar-refractivity contribution < 1.29 is 28.5 Å². The van der Waals surface area contributed by atoms with Crippen molar-refractivity contribution in [3.63, 3.8) is 0 Å². The fourth-order valence-electron chi connectivity index (χ4n) is 4.43. The second kappa shape index (κ2) is 11.4. The van der Waals surface area contributed by atoms with Crippen molar-refractivity contribution in [1.82, 2.24) is 25.1 Å².